The standard InChI is InChI=1S/C22H28N4O2S/c1-6-8-20(17(3)28-5)21-16(2)14-23-22(25-21)24-19-10-7-9-18(13-19)15-29-26(4)11-12-27/h6-10,13-14,27H,1,3,11-12,15H2,2,4-5H3,(H,23,24,25)/b20-8+. The molecule has 1 aromatic heterocycles. The number of hydrogen-bond donors (Lipinski definition) is 2. The van der Waals surface area contributed by atoms with E-state index in [9.17, 15) is 0 Å². The topological polar surface area (TPSA) is 70.5 Å². The van der Waals surface area contributed by atoms with Crippen LogP contribution in [-0.4, -0.2) is 46.7 Å². The molecular weight excluding hydrogens is 384 g/mol. The van der Waals surface area contributed by atoms with Crippen molar-refractivity contribution >= 4 is 29.2 Å². The summed E-state index contributed by atoms with van der Waals surface area (Å²) in [6, 6.07) is 8.11. The Hall–Kier alpha value is -2.61. The van der Waals surface area contributed by atoms with Crippen LogP contribution in [0.3, 0.4) is 0 Å². The highest BCUT2D eigenvalue weighted by molar-refractivity contribution is 7.96. The van der Waals surface area contributed by atoms with Crippen LogP contribution in [0.15, 0.2) is 61.5 Å². The quantitative estimate of drug-likeness (QED) is 0.323. The molecule has 154 valence electrons. The predicted octanol–water partition coefficient (Wildman–Crippen LogP) is 4.33. The van der Waals surface area contributed by atoms with Crippen molar-refractivity contribution in [1.82, 2.24) is 14.3 Å². The number of aryl methyl sites for hydroxylation is 1. The highest BCUT2D eigenvalue weighted by Crippen LogP contribution is 2.26. The molecule has 0 saturated heterocycles. The lowest BCUT2D eigenvalue weighted by Gasteiger charge is -2.15. The third-order valence-electron chi connectivity index (χ3n) is 4.11. The van der Waals surface area contributed by atoms with E-state index in [1.807, 2.05) is 36.5 Å². The van der Waals surface area contributed by atoms with Gasteiger partial charge in [0, 0.05) is 29.8 Å². The molecule has 2 N–H and O–H groups in total. The van der Waals surface area contributed by atoms with Crippen LogP contribution in [0.5, 0.6) is 0 Å². The molecule has 1 heterocycles. The average Bonchev–Trinajstić information content (AvgIpc) is 2.72. The fourth-order valence-corrected chi connectivity index (χ4v) is 3.32. The van der Waals surface area contributed by atoms with Gasteiger partial charge in [0.1, 0.15) is 5.76 Å². The van der Waals surface area contributed by atoms with Crippen LogP contribution >= 0.6 is 11.9 Å². The summed E-state index contributed by atoms with van der Waals surface area (Å²) < 4.78 is 7.32. The molecule has 0 amide bonds. The van der Waals surface area contributed by atoms with Crippen LogP contribution in [0.4, 0.5) is 11.6 Å². The lowest BCUT2D eigenvalue weighted by Crippen LogP contribution is -2.14. The van der Waals surface area contributed by atoms with Crippen LogP contribution < -0.4 is 5.32 Å². The fourth-order valence-electron chi connectivity index (χ4n) is 2.56. The molecule has 0 aliphatic heterocycles. The van der Waals surface area contributed by atoms with Gasteiger partial charge in [-0.25, -0.2) is 9.97 Å². The normalized spacial score (nSPS) is 11.4. The smallest absolute Gasteiger partial charge is 0.227 e. The second kappa shape index (κ2) is 11.4. The van der Waals surface area contributed by atoms with E-state index in [-0.39, 0.29) is 6.61 Å². The van der Waals surface area contributed by atoms with Gasteiger partial charge in [-0.15, -0.1) is 0 Å². The Kier molecular flexibility index (Phi) is 8.92. The van der Waals surface area contributed by atoms with Gasteiger partial charge in [0.15, 0.2) is 0 Å². The zero-order valence-electron chi connectivity index (χ0n) is 17.2. The summed E-state index contributed by atoms with van der Waals surface area (Å²) in [4.78, 5) is 9.07. The number of aliphatic hydroxyl groups is 1. The minimum Gasteiger partial charge on any atom is -0.497 e. The van der Waals surface area contributed by atoms with Crippen molar-refractivity contribution in [3.05, 3.63) is 78.4 Å². The molecule has 0 aliphatic carbocycles. The number of allylic oxidation sites excluding steroid dienone is 3. The first kappa shape index (κ1) is 22.7. The van der Waals surface area contributed by atoms with E-state index in [4.69, 9.17) is 9.84 Å². The maximum atomic E-state index is 9.01. The molecule has 2 aromatic rings. The third-order valence-corrected chi connectivity index (χ3v) is 5.19. The molecule has 29 heavy (non-hydrogen) atoms. The van der Waals surface area contributed by atoms with Gasteiger partial charge in [0.05, 0.1) is 19.4 Å². The Morgan fingerprint density at radius 1 is 1.41 bits per heavy atom. The third kappa shape index (κ3) is 6.74. The molecule has 0 aliphatic rings. The minimum atomic E-state index is 0.149. The summed E-state index contributed by atoms with van der Waals surface area (Å²) in [5.74, 6) is 1.82. The number of anilines is 2. The monoisotopic (exact) mass is 412 g/mol. The Labute approximate surface area is 177 Å². The number of aliphatic hydroxyl groups excluding tert-OH is 1. The molecule has 0 radical (unpaired) electrons. The van der Waals surface area contributed by atoms with Gasteiger partial charge in [-0.05, 0) is 43.3 Å². The van der Waals surface area contributed by atoms with Crippen LogP contribution in [0.25, 0.3) is 5.57 Å². The van der Waals surface area contributed by atoms with Crippen molar-refractivity contribution in [2.45, 2.75) is 12.7 Å². The van der Waals surface area contributed by atoms with Gasteiger partial charge >= 0.3 is 0 Å². The summed E-state index contributed by atoms with van der Waals surface area (Å²) in [5, 5.41) is 12.3. The zero-order chi connectivity index (χ0) is 21.2. The van der Waals surface area contributed by atoms with Crippen molar-refractivity contribution in [3.8, 4) is 0 Å². The molecule has 0 bridgehead atoms. The number of nitrogens with zero attached hydrogens (tertiary/aromatic N) is 3. The summed E-state index contributed by atoms with van der Waals surface area (Å²) in [7, 11) is 3.54. The SMILES string of the molecule is C=C/C=C(\C(=C)OC)c1nc(Nc2cccc(CSN(C)CCO)c2)ncc1C. The first-order valence-electron chi connectivity index (χ1n) is 9.19. The Morgan fingerprint density at radius 3 is 2.90 bits per heavy atom. The number of likely N-dealkylation sites (N-methyl/N-ethyl adjacent to an activating group) is 1. The van der Waals surface area contributed by atoms with Crippen LogP contribution in [-0.2, 0) is 10.5 Å². The molecular formula is C22H28N4O2S. The molecule has 0 fully saturated rings. The molecule has 1 aromatic carbocycles. The van der Waals surface area contributed by atoms with Gasteiger partial charge in [-0.1, -0.05) is 43.3 Å². The van der Waals surface area contributed by atoms with Crippen molar-refractivity contribution in [2.24, 2.45) is 0 Å². The molecule has 0 atom stereocenters. The summed E-state index contributed by atoms with van der Waals surface area (Å²) >= 11 is 1.66. The minimum absolute atomic E-state index is 0.149. The van der Waals surface area contributed by atoms with E-state index in [2.05, 4.69) is 40.6 Å². The number of ether oxygens (including phenoxy) is 1. The second-order valence-corrected chi connectivity index (χ2v) is 7.51. The van der Waals surface area contributed by atoms with Gasteiger partial charge in [0.2, 0.25) is 5.95 Å². The number of benzene rings is 1. The van der Waals surface area contributed by atoms with Crippen LogP contribution in [0.1, 0.15) is 16.8 Å². The lowest BCUT2D eigenvalue weighted by atomic mass is 10.1. The lowest BCUT2D eigenvalue weighted by molar-refractivity contribution is 0.273. The molecule has 7 heteroatoms. The Bertz CT molecular complexity index is 883. The van der Waals surface area contributed by atoms with E-state index < -0.39 is 0 Å². The van der Waals surface area contributed by atoms with Crippen LogP contribution in [0.2, 0.25) is 0 Å². The fraction of sp³-hybridized carbons (Fsp3) is 0.273. The van der Waals surface area contributed by atoms with Crippen molar-refractivity contribution < 1.29 is 9.84 Å². The van der Waals surface area contributed by atoms with Crippen LogP contribution in [0, 0.1) is 6.92 Å². The van der Waals surface area contributed by atoms with Crippen molar-refractivity contribution in [1.29, 1.82) is 0 Å². The van der Waals surface area contributed by atoms with E-state index in [1.54, 1.807) is 31.3 Å². The van der Waals surface area contributed by atoms with Crippen molar-refractivity contribution in [3.63, 3.8) is 0 Å². The predicted molar refractivity (Wildman–Crippen MR) is 122 cm³/mol. The highest BCUT2D eigenvalue weighted by atomic mass is 32.2. The summed E-state index contributed by atoms with van der Waals surface area (Å²) in [6.07, 6.45) is 5.28. The van der Waals surface area contributed by atoms with Crippen molar-refractivity contribution in [2.75, 3.05) is 32.6 Å². The summed E-state index contributed by atoms with van der Waals surface area (Å²) in [5.41, 5.74) is 4.49. The second-order valence-electron chi connectivity index (χ2n) is 6.34. The van der Waals surface area contributed by atoms with E-state index >= 15 is 0 Å². The number of methoxy groups -OCH3 is 1. The first-order valence-corrected chi connectivity index (χ1v) is 10.1. The van der Waals surface area contributed by atoms with Gasteiger partial charge in [-0.2, -0.15) is 0 Å². The largest absolute Gasteiger partial charge is 0.497 e. The number of nitrogens with one attached hydrogen (secondary N) is 1. The van der Waals surface area contributed by atoms with E-state index in [1.165, 1.54) is 0 Å². The average molecular weight is 413 g/mol. The number of hydrogen-bond acceptors (Lipinski definition) is 7. The van der Waals surface area contributed by atoms with Gasteiger partial charge in [0.25, 0.3) is 0 Å². The highest BCUT2D eigenvalue weighted by Gasteiger charge is 2.13. The number of rotatable bonds is 11. The molecule has 6 nitrogen and oxygen atoms in total. The van der Waals surface area contributed by atoms with E-state index in [0.717, 1.165) is 33.8 Å². The Balaban J connectivity index is 2.20. The van der Waals surface area contributed by atoms with E-state index in [0.29, 0.717) is 18.3 Å². The zero-order valence-corrected chi connectivity index (χ0v) is 18.0. The Morgan fingerprint density at radius 2 is 2.21 bits per heavy atom. The first-order chi connectivity index (χ1) is 14.0. The maximum Gasteiger partial charge on any atom is 0.227 e. The number of aromatic nitrogens is 2. The van der Waals surface area contributed by atoms with Gasteiger partial charge < -0.3 is 15.2 Å². The summed E-state index contributed by atoms with van der Waals surface area (Å²) in [6.45, 7) is 10.4. The van der Waals surface area contributed by atoms with Gasteiger partial charge in [-0.3, -0.25) is 4.31 Å². The molecule has 2 rings (SSSR count). The molecule has 0 spiro atoms. The molecule has 0 unspecified atom stereocenters. The molecule has 0 saturated carbocycles. The maximum absolute atomic E-state index is 9.01.